The molecule has 2 aromatic heterocycles. The number of aryl methyl sites for hydroxylation is 2. The number of hydrogen-bond donors (Lipinski definition) is 0. The Bertz CT molecular complexity index is 816. The molecule has 0 spiro atoms. The molecule has 0 aliphatic rings. The lowest BCUT2D eigenvalue weighted by Crippen LogP contribution is -2.02. The Balaban J connectivity index is 2.31. The molecule has 0 atom stereocenters. The maximum absolute atomic E-state index is 11.9. The number of halogens is 1. The number of rotatable bonds is 1. The van der Waals surface area contributed by atoms with Crippen LogP contribution in [0.1, 0.15) is 11.5 Å². The van der Waals surface area contributed by atoms with E-state index < -0.39 is 0 Å². The molecule has 0 aliphatic carbocycles. The molecule has 0 saturated carbocycles. The lowest BCUT2D eigenvalue weighted by molar-refractivity contribution is 0.488. The molecule has 4 nitrogen and oxygen atoms in total. The highest BCUT2D eigenvalue weighted by molar-refractivity contribution is 6.30. The molecule has 1 aromatic carbocycles. The molecule has 0 amide bonds. The van der Waals surface area contributed by atoms with Gasteiger partial charge in [-0.05, 0) is 38.1 Å². The Labute approximate surface area is 114 Å². The molecule has 0 bridgehead atoms. The predicted octanol–water partition coefficient (Wildman–Crippen LogP) is 3.25. The van der Waals surface area contributed by atoms with Crippen molar-refractivity contribution in [2.75, 3.05) is 0 Å². The van der Waals surface area contributed by atoms with E-state index in [1.807, 2.05) is 19.1 Å². The van der Waals surface area contributed by atoms with E-state index in [2.05, 4.69) is 5.10 Å². The highest BCUT2D eigenvalue weighted by Gasteiger charge is 2.13. The van der Waals surface area contributed by atoms with Crippen LogP contribution in [-0.4, -0.2) is 9.78 Å². The van der Waals surface area contributed by atoms with Crippen molar-refractivity contribution in [3.05, 3.63) is 57.2 Å². The Kier molecular flexibility index (Phi) is 2.68. The summed E-state index contributed by atoms with van der Waals surface area (Å²) >= 11 is 5.87. The van der Waals surface area contributed by atoms with E-state index in [4.69, 9.17) is 16.0 Å². The molecule has 0 unspecified atom stereocenters. The smallest absolute Gasteiger partial charge is 0.347 e. The maximum Gasteiger partial charge on any atom is 0.347 e. The van der Waals surface area contributed by atoms with E-state index in [0.717, 1.165) is 11.4 Å². The van der Waals surface area contributed by atoms with Crippen LogP contribution in [0.4, 0.5) is 0 Å². The third-order valence-electron chi connectivity index (χ3n) is 3.01. The summed E-state index contributed by atoms with van der Waals surface area (Å²) in [5.74, 6) is 0.554. The number of hydrogen-bond acceptors (Lipinski definition) is 3. The van der Waals surface area contributed by atoms with Crippen LogP contribution in [0.25, 0.3) is 16.6 Å². The lowest BCUT2D eigenvalue weighted by atomic mass is 10.2. The van der Waals surface area contributed by atoms with Crippen LogP contribution in [0.2, 0.25) is 5.02 Å². The fourth-order valence-corrected chi connectivity index (χ4v) is 2.26. The van der Waals surface area contributed by atoms with E-state index in [1.54, 1.807) is 29.8 Å². The van der Waals surface area contributed by atoms with Crippen molar-refractivity contribution in [3.8, 4) is 5.69 Å². The Morgan fingerprint density at radius 1 is 1.21 bits per heavy atom. The monoisotopic (exact) mass is 274 g/mol. The molecule has 2 heterocycles. The van der Waals surface area contributed by atoms with Crippen LogP contribution < -0.4 is 5.63 Å². The quantitative estimate of drug-likeness (QED) is 0.684. The van der Waals surface area contributed by atoms with Crippen molar-refractivity contribution in [3.63, 3.8) is 0 Å². The summed E-state index contributed by atoms with van der Waals surface area (Å²) in [7, 11) is 0. The zero-order chi connectivity index (χ0) is 13.6. The third kappa shape index (κ3) is 1.94. The van der Waals surface area contributed by atoms with Gasteiger partial charge in [-0.3, -0.25) is 0 Å². The van der Waals surface area contributed by atoms with Gasteiger partial charge in [0.25, 0.3) is 0 Å². The van der Waals surface area contributed by atoms with Crippen LogP contribution >= 0.6 is 11.6 Å². The summed E-state index contributed by atoms with van der Waals surface area (Å²) in [5, 5.41) is 5.62. The molecule has 0 aliphatic heterocycles. The van der Waals surface area contributed by atoms with Crippen LogP contribution in [-0.2, 0) is 0 Å². The average Bonchev–Trinajstić information content (AvgIpc) is 2.67. The van der Waals surface area contributed by atoms with E-state index in [-0.39, 0.29) is 5.63 Å². The van der Waals surface area contributed by atoms with Crippen molar-refractivity contribution in [2.24, 2.45) is 0 Å². The first-order valence-electron chi connectivity index (χ1n) is 5.82. The summed E-state index contributed by atoms with van der Waals surface area (Å²) < 4.78 is 6.83. The minimum atomic E-state index is -0.354. The van der Waals surface area contributed by atoms with Crippen LogP contribution in [0.5, 0.6) is 0 Å². The molecule has 3 rings (SSSR count). The predicted molar refractivity (Wildman–Crippen MR) is 74.1 cm³/mol. The van der Waals surface area contributed by atoms with Crippen molar-refractivity contribution in [1.82, 2.24) is 9.78 Å². The van der Waals surface area contributed by atoms with E-state index in [9.17, 15) is 4.79 Å². The normalized spacial score (nSPS) is 11.1. The molecular weight excluding hydrogens is 264 g/mol. The van der Waals surface area contributed by atoms with Gasteiger partial charge in [0.1, 0.15) is 16.7 Å². The fraction of sp³-hybridized carbons (Fsp3) is 0.143. The van der Waals surface area contributed by atoms with Crippen molar-refractivity contribution < 1.29 is 4.42 Å². The first kappa shape index (κ1) is 12.0. The average molecular weight is 275 g/mol. The number of aromatic nitrogens is 2. The molecule has 5 heteroatoms. The highest BCUT2D eigenvalue weighted by Crippen LogP contribution is 2.20. The summed E-state index contributed by atoms with van der Waals surface area (Å²) in [5.41, 5.74) is 1.90. The third-order valence-corrected chi connectivity index (χ3v) is 3.26. The number of nitrogens with zero attached hydrogens (tertiary/aromatic N) is 2. The van der Waals surface area contributed by atoms with Gasteiger partial charge in [0.2, 0.25) is 0 Å². The Morgan fingerprint density at radius 2 is 1.89 bits per heavy atom. The SMILES string of the molecule is Cc1cc2nn(-c3ccc(Cl)cc3)c(C)c2c(=O)o1. The van der Waals surface area contributed by atoms with E-state index in [0.29, 0.717) is 21.7 Å². The molecule has 0 saturated heterocycles. The lowest BCUT2D eigenvalue weighted by Gasteiger charge is -2.03. The van der Waals surface area contributed by atoms with Gasteiger partial charge in [-0.1, -0.05) is 11.6 Å². The first-order chi connectivity index (χ1) is 9.06. The molecule has 0 radical (unpaired) electrons. The van der Waals surface area contributed by atoms with Crippen LogP contribution in [0.3, 0.4) is 0 Å². The van der Waals surface area contributed by atoms with Gasteiger partial charge in [-0.25, -0.2) is 9.48 Å². The second-order valence-corrected chi connectivity index (χ2v) is 4.81. The van der Waals surface area contributed by atoms with Gasteiger partial charge in [-0.2, -0.15) is 5.10 Å². The minimum Gasteiger partial charge on any atom is -0.428 e. The van der Waals surface area contributed by atoms with Crippen LogP contribution in [0.15, 0.2) is 39.5 Å². The number of fused-ring (bicyclic) bond motifs is 1. The molecule has 96 valence electrons. The van der Waals surface area contributed by atoms with Gasteiger partial charge in [-0.15, -0.1) is 0 Å². The summed E-state index contributed by atoms with van der Waals surface area (Å²) in [6, 6.07) is 9.05. The van der Waals surface area contributed by atoms with Gasteiger partial charge in [0.05, 0.1) is 11.4 Å². The van der Waals surface area contributed by atoms with Crippen molar-refractivity contribution >= 4 is 22.5 Å². The molecule has 0 fully saturated rings. The molecule has 0 N–H and O–H groups in total. The summed E-state index contributed by atoms with van der Waals surface area (Å²) in [4.78, 5) is 11.9. The minimum absolute atomic E-state index is 0.354. The number of benzene rings is 1. The van der Waals surface area contributed by atoms with Gasteiger partial charge in [0, 0.05) is 11.1 Å². The standard InChI is InChI=1S/C14H11ClN2O2/c1-8-7-12-13(14(18)19-8)9(2)17(16-12)11-5-3-10(15)4-6-11/h3-7H,1-2H3. The Morgan fingerprint density at radius 3 is 2.58 bits per heavy atom. The molecular formula is C14H11ClN2O2. The van der Waals surface area contributed by atoms with Gasteiger partial charge < -0.3 is 4.42 Å². The first-order valence-corrected chi connectivity index (χ1v) is 6.20. The van der Waals surface area contributed by atoms with Crippen molar-refractivity contribution in [2.45, 2.75) is 13.8 Å². The second kappa shape index (κ2) is 4.24. The zero-order valence-corrected chi connectivity index (χ0v) is 11.2. The zero-order valence-electron chi connectivity index (χ0n) is 10.5. The summed E-state index contributed by atoms with van der Waals surface area (Å²) in [6.07, 6.45) is 0. The topological polar surface area (TPSA) is 48.0 Å². The maximum atomic E-state index is 11.9. The second-order valence-electron chi connectivity index (χ2n) is 4.38. The molecule has 3 aromatic rings. The van der Waals surface area contributed by atoms with Gasteiger partial charge in [0.15, 0.2) is 0 Å². The van der Waals surface area contributed by atoms with Crippen molar-refractivity contribution in [1.29, 1.82) is 0 Å². The summed E-state index contributed by atoms with van der Waals surface area (Å²) in [6.45, 7) is 3.58. The largest absolute Gasteiger partial charge is 0.428 e. The Hall–Kier alpha value is -2.07. The fourth-order valence-electron chi connectivity index (χ4n) is 2.13. The van der Waals surface area contributed by atoms with Crippen LogP contribution in [0, 0.1) is 13.8 Å². The van der Waals surface area contributed by atoms with E-state index >= 15 is 0 Å². The van der Waals surface area contributed by atoms with E-state index in [1.165, 1.54) is 0 Å². The highest BCUT2D eigenvalue weighted by atomic mass is 35.5. The van der Waals surface area contributed by atoms with Gasteiger partial charge >= 0.3 is 5.63 Å². The molecule has 19 heavy (non-hydrogen) atoms.